The van der Waals surface area contributed by atoms with Crippen molar-refractivity contribution in [1.82, 2.24) is 0 Å². The predicted molar refractivity (Wildman–Crippen MR) is 47.9 cm³/mol. The highest BCUT2D eigenvalue weighted by Gasteiger charge is 2.19. The zero-order chi connectivity index (χ0) is 10.9. The number of hydrogen-bond acceptors (Lipinski definition) is 3. The van der Waals surface area contributed by atoms with Crippen LogP contribution in [0.3, 0.4) is 0 Å². The molecule has 1 rings (SSSR count). The molecule has 0 saturated heterocycles. The molecule has 3 N–H and O–H groups in total. The second-order valence-corrected chi connectivity index (χ2v) is 2.85. The average Bonchev–Trinajstić information content (AvgIpc) is 2.08. The first-order valence-electron chi connectivity index (χ1n) is 3.83. The first-order valence-corrected chi connectivity index (χ1v) is 3.83. The second-order valence-electron chi connectivity index (χ2n) is 2.85. The largest absolute Gasteiger partial charge is 0.488 e. The Morgan fingerprint density at radius 2 is 2.00 bits per heavy atom. The van der Waals surface area contributed by atoms with Gasteiger partial charge in [0.05, 0.1) is 5.56 Å². The maximum atomic E-state index is 13.1. The van der Waals surface area contributed by atoms with E-state index in [0.717, 1.165) is 12.1 Å². The molecule has 1 aromatic carbocycles. The van der Waals surface area contributed by atoms with E-state index in [0.29, 0.717) is 0 Å². The monoisotopic (exact) mass is 198 g/mol. The van der Waals surface area contributed by atoms with Gasteiger partial charge in [0.25, 0.3) is 0 Å². The van der Waals surface area contributed by atoms with Crippen LogP contribution in [0.5, 0.6) is 0 Å². The van der Waals surface area contributed by atoms with Gasteiger partial charge in [-0.25, -0.2) is 9.18 Å². The number of halogens is 1. The van der Waals surface area contributed by atoms with E-state index >= 15 is 0 Å². The van der Waals surface area contributed by atoms with E-state index in [-0.39, 0.29) is 16.6 Å². The van der Waals surface area contributed by atoms with Crippen molar-refractivity contribution in [3.8, 4) is 0 Å². The van der Waals surface area contributed by atoms with Gasteiger partial charge < -0.3 is 15.2 Å². The van der Waals surface area contributed by atoms with Gasteiger partial charge in [-0.3, -0.25) is 0 Å². The minimum Gasteiger partial charge on any atom is -0.478 e. The summed E-state index contributed by atoms with van der Waals surface area (Å²) in [7, 11) is -1.87. The van der Waals surface area contributed by atoms with Crippen molar-refractivity contribution in [3.05, 3.63) is 29.1 Å². The highest BCUT2D eigenvalue weighted by Crippen LogP contribution is 2.07. The molecule has 0 aliphatic rings. The van der Waals surface area contributed by atoms with Crippen LogP contribution in [0, 0.1) is 12.7 Å². The molecule has 74 valence electrons. The molecule has 0 radical (unpaired) electrons. The first kappa shape index (κ1) is 10.7. The first-order chi connectivity index (χ1) is 6.43. The summed E-state index contributed by atoms with van der Waals surface area (Å²) < 4.78 is 13.1. The fourth-order valence-electron chi connectivity index (χ4n) is 1.09. The van der Waals surface area contributed by atoms with Crippen LogP contribution in [0.25, 0.3) is 0 Å². The van der Waals surface area contributed by atoms with Gasteiger partial charge >= 0.3 is 13.1 Å². The molecule has 6 heteroatoms. The number of carboxylic acid groups (broad SMARTS) is 1. The SMILES string of the molecule is Cc1c(F)cc(C(=O)O)cc1B(O)O. The number of rotatable bonds is 2. The van der Waals surface area contributed by atoms with Crippen LogP contribution in [0.4, 0.5) is 4.39 Å². The minimum atomic E-state index is -1.87. The van der Waals surface area contributed by atoms with Gasteiger partial charge in [-0.1, -0.05) is 0 Å². The molecule has 0 aromatic heterocycles. The summed E-state index contributed by atoms with van der Waals surface area (Å²) in [4.78, 5) is 10.5. The van der Waals surface area contributed by atoms with E-state index in [1.54, 1.807) is 0 Å². The van der Waals surface area contributed by atoms with Gasteiger partial charge in [-0.2, -0.15) is 0 Å². The molecule has 0 aliphatic heterocycles. The third kappa shape index (κ3) is 1.91. The summed E-state index contributed by atoms with van der Waals surface area (Å²) in [6.45, 7) is 1.34. The van der Waals surface area contributed by atoms with Crippen molar-refractivity contribution < 1.29 is 24.3 Å². The fourth-order valence-corrected chi connectivity index (χ4v) is 1.09. The molecule has 0 saturated carbocycles. The molecule has 4 nitrogen and oxygen atoms in total. The molecule has 14 heavy (non-hydrogen) atoms. The Bertz CT molecular complexity index is 378. The third-order valence-electron chi connectivity index (χ3n) is 1.91. The summed E-state index contributed by atoms with van der Waals surface area (Å²) in [6.07, 6.45) is 0. The Kier molecular flexibility index (Phi) is 2.88. The normalized spacial score (nSPS) is 10.0. The van der Waals surface area contributed by atoms with Crippen molar-refractivity contribution in [2.45, 2.75) is 6.92 Å². The third-order valence-corrected chi connectivity index (χ3v) is 1.91. The quantitative estimate of drug-likeness (QED) is 0.560. The second kappa shape index (κ2) is 3.77. The Morgan fingerprint density at radius 3 is 2.43 bits per heavy atom. The lowest BCUT2D eigenvalue weighted by Crippen LogP contribution is -2.33. The Labute approximate surface area is 79.8 Å². The lowest BCUT2D eigenvalue weighted by Gasteiger charge is -2.06. The molecule has 0 fully saturated rings. The number of benzene rings is 1. The molecule has 0 unspecified atom stereocenters. The maximum absolute atomic E-state index is 13.1. The highest BCUT2D eigenvalue weighted by molar-refractivity contribution is 6.59. The predicted octanol–water partition coefficient (Wildman–Crippen LogP) is -0.488. The van der Waals surface area contributed by atoms with E-state index < -0.39 is 18.9 Å². The topological polar surface area (TPSA) is 77.8 Å². The molecule has 0 spiro atoms. The van der Waals surface area contributed by atoms with Crippen LogP contribution < -0.4 is 5.46 Å². The van der Waals surface area contributed by atoms with Crippen molar-refractivity contribution in [2.24, 2.45) is 0 Å². The van der Waals surface area contributed by atoms with E-state index in [2.05, 4.69) is 0 Å². The molecule has 1 aromatic rings. The summed E-state index contributed by atoms with van der Waals surface area (Å²) in [5, 5.41) is 26.2. The average molecular weight is 198 g/mol. The molecular formula is C8H8BFO4. The maximum Gasteiger partial charge on any atom is 0.488 e. The van der Waals surface area contributed by atoms with Gasteiger partial charge in [0.1, 0.15) is 5.82 Å². The zero-order valence-electron chi connectivity index (χ0n) is 7.36. The molecule has 0 atom stereocenters. The lowest BCUT2D eigenvalue weighted by molar-refractivity contribution is 0.0696. The molecular weight excluding hydrogens is 190 g/mol. The minimum absolute atomic E-state index is 0.0324. The van der Waals surface area contributed by atoms with E-state index in [1.807, 2.05) is 0 Å². The van der Waals surface area contributed by atoms with E-state index in [9.17, 15) is 9.18 Å². The van der Waals surface area contributed by atoms with Crippen LogP contribution in [0.15, 0.2) is 12.1 Å². The number of hydrogen-bond donors (Lipinski definition) is 3. The fraction of sp³-hybridized carbons (Fsp3) is 0.125. The Balaban J connectivity index is 3.35. The Hall–Kier alpha value is -1.40. The van der Waals surface area contributed by atoms with Crippen LogP contribution in [0.1, 0.15) is 15.9 Å². The van der Waals surface area contributed by atoms with Crippen molar-refractivity contribution in [2.75, 3.05) is 0 Å². The van der Waals surface area contributed by atoms with Crippen molar-refractivity contribution in [1.29, 1.82) is 0 Å². The molecule has 0 bridgehead atoms. The summed E-state index contributed by atoms with van der Waals surface area (Å²) in [6, 6.07) is 1.87. The number of carbonyl (C=O) groups is 1. The van der Waals surface area contributed by atoms with Gasteiger partial charge in [0, 0.05) is 0 Å². The van der Waals surface area contributed by atoms with Gasteiger partial charge in [-0.05, 0) is 30.1 Å². The van der Waals surface area contributed by atoms with Crippen LogP contribution in [-0.4, -0.2) is 28.2 Å². The van der Waals surface area contributed by atoms with Crippen LogP contribution in [-0.2, 0) is 0 Å². The lowest BCUT2D eigenvalue weighted by atomic mass is 9.76. The number of carboxylic acids is 1. The van der Waals surface area contributed by atoms with Crippen molar-refractivity contribution >= 4 is 18.6 Å². The Morgan fingerprint density at radius 1 is 1.43 bits per heavy atom. The van der Waals surface area contributed by atoms with Gasteiger partial charge in [-0.15, -0.1) is 0 Å². The molecule has 0 heterocycles. The number of aromatic carboxylic acids is 1. The van der Waals surface area contributed by atoms with E-state index in [1.165, 1.54) is 6.92 Å². The molecule has 0 aliphatic carbocycles. The van der Waals surface area contributed by atoms with Crippen LogP contribution in [0.2, 0.25) is 0 Å². The van der Waals surface area contributed by atoms with Gasteiger partial charge in [0.15, 0.2) is 0 Å². The summed E-state index contributed by atoms with van der Waals surface area (Å²) in [5.41, 5.74) is -0.413. The van der Waals surface area contributed by atoms with Gasteiger partial charge in [0.2, 0.25) is 0 Å². The van der Waals surface area contributed by atoms with Crippen LogP contribution >= 0.6 is 0 Å². The molecule has 0 amide bonds. The summed E-state index contributed by atoms with van der Waals surface area (Å²) >= 11 is 0. The standard InChI is InChI=1S/C8H8BFO4/c1-4-6(9(13)14)2-5(8(11)12)3-7(4)10/h2-3,13-14H,1H3,(H,11,12). The van der Waals surface area contributed by atoms with Crippen molar-refractivity contribution in [3.63, 3.8) is 0 Å². The van der Waals surface area contributed by atoms with E-state index in [4.69, 9.17) is 15.2 Å². The smallest absolute Gasteiger partial charge is 0.478 e. The zero-order valence-corrected chi connectivity index (χ0v) is 7.36. The highest BCUT2D eigenvalue weighted by atomic mass is 19.1. The summed E-state index contributed by atoms with van der Waals surface area (Å²) in [5.74, 6) is -2.08.